The molecule has 80 valence electrons. The molecule has 0 amide bonds. The summed E-state index contributed by atoms with van der Waals surface area (Å²) < 4.78 is 0. The van der Waals surface area contributed by atoms with Gasteiger partial charge < -0.3 is 5.32 Å². The monoisotopic (exact) mass is 247 g/mol. The molecule has 2 aromatic carbocycles. The molecule has 0 bridgehead atoms. The lowest BCUT2D eigenvalue weighted by Gasteiger charge is -2.21. The molecule has 0 fully saturated rings. The summed E-state index contributed by atoms with van der Waals surface area (Å²) >= 11 is 7.76. The summed E-state index contributed by atoms with van der Waals surface area (Å²) in [6, 6.07) is 12.4. The van der Waals surface area contributed by atoms with E-state index in [2.05, 4.69) is 36.5 Å². The lowest BCUT2D eigenvalue weighted by Crippen LogP contribution is -1.99. The minimum Gasteiger partial charge on any atom is -0.354 e. The van der Waals surface area contributed by atoms with Gasteiger partial charge in [0.1, 0.15) is 0 Å². The van der Waals surface area contributed by atoms with Crippen molar-refractivity contribution in [2.24, 2.45) is 0 Å². The quantitative estimate of drug-likeness (QED) is 0.609. The maximum atomic E-state index is 5.99. The topological polar surface area (TPSA) is 12.0 Å². The Bertz CT molecular complexity index is 516. The zero-order valence-electron chi connectivity index (χ0n) is 8.75. The van der Waals surface area contributed by atoms with Crippen molar-refractivity contribution in [2.75, 3.05) is 5.32 Å². The molecule has 0 unspecified atom stereocenters. The van der Waals surface area contributed by atoms with E-state index < -0.39 is 0 Å². The van der Waals surface area contributed by atoms with E-state index in [-0.39, 0.29) is 0 Å². The smallest absolute Gasteiger partial charge is 0.0541 e. The van der Waals surface area contributed by atoms with Crippen LogP contribution in [-0.2, 0) is 0 Å². The number of hydrogen-bond acceptors (Lipinski definition) is 2. The summed E-state index contributed by atoms with van der Waals surface area (Å²) in [7, 11) is 0. The minimum atomic E-state index is 0.767. The Hall–Kier alpha value is -1.12. The average Bonchev–Trinajstić information content (AvgIpc) is 2.26. The Labute approximate surface area is 104 Å². The fraction of sp³-hybridized carbons (Fsp3) is 0.0769. The maximum Gasteiger partial charge on any atom is 0.0541 e. The van der Waals surface area contributed by atoms with Crippen molar-refractivity contribution < 1.29 is 0 Å². The molecular weight excluding hydrogens is 238 g/mol. The average molecular weight is 248 g/mol. The van der Waals surface area contributed by atoms with Gasteiger partial charge in [-0.05, 0) is 42.8 Å². The second-order valence-electron chi connectivity index (χ2n) is 3.87. The van der Waals surface area contributed by atoms with Crippen molar-refractivity contribution in [2.45, 2.75) is 16.7 Å². The SMILES string of the molecule is Cc1ccc2c(c1)Nc1cc(Cl)ccc1S2. The molecule has 3 rings (SSSR count). The molecule has 3 heteroatoms. The molecule has 1 heterocycles. The van der Waals surface area contributed by atoms with Crippen LogP contribution in [0.25, 0.3) is 0 Å². The van der Waals surface area contributed by atoms with Crippen molar-refractivity contribution in [3.05, 3.63) is 47.0 Å². The van der Waals surface area contributed by atoms with Crippen LogP contribution in [0.3, 0.4) is 0 Å². The van der Waals surface area contributed by atoms with Crippen molar-refractivity contribution in [3.63, 3.8) is 0 Å². The molecule has 0 aromatic heterocycles. The van der Waals surface area contributed by atoms with Gasteiger partial charge in [-0.15, -0.1) is 0 Å². The summed E-state index contributed by atoms with van der Waals surface area (Å²) in [5.74, 6) is 0. The highest BCUT2D eigenvalue weighted by molar-refractivity contribution is 7.99. The third kappa shape index (κ3) is 1.68. The first-order valence-electron chi connectivity index (χ1n) is 5.07. The molecule has 0 radical (unpaired) electrons. The molecule has 0 aliphatic carbocycles. The van der Waals surface area contributed by atoms with E-state index in [0.29, 0.717) is 0 Å². The van der Waals surface area contributed by atoms with Crippen molar-refractivity contribution in [1.29, 1.82) is 0 Å². The van der Waals surface area contributed by atoms with Crippen LogP contribution in [0.5, 0.6) is 0 Å². The van der Waals surface area contributed by atoms with Crippen molar-refractivity contribution >= 4 is 34.7 Å². The Morgan fingerprint density at radius 3 is 2.50 bits per heavy atom. The predicted octanol–water partition coefficient (Wildman–Crippen LogP) is 4.86. The summed E-state index contributed by atoms with van der Waals surface area (Å²) in [5, 5.41) is 4.18. The van der Waals surface area contributed by atoms with E-state index in [9.17, 15) is 0 Å². The second-order valence-corrected chi connectivity index (χ2v) is 5.39. The van der Waals surface area contributed by atoms with Gasteiger partial charge in [0, 0.05) is 14.8 Å². The van der Waals surface area contributed by atoms with Crippen LogP contribution >= 0.6 is 23.4 Å². The fourth-order valence-corrected chi connectivity index (χ4v) is 2.90. The number of fused-ring (bicyclic) bond motifs is 2. The molecule has 1 nitrogen and oxygen atoms in total. The van der Waals surface area contributed by atoms with Crippen LogP contribution < -0.4 is 5.32 Å². The Balaban J connectivity index is 2.10. The first kappa shape index (κ1) is 10.1. The van der Waals surface area contributed by atoms with Gasteiger partial charge in [-0.25, -0.2) is 0 Å². The molecule has 0 spiro atoms. The molecule has 2 aromatic rings. The Morgan fingerprint density at radius 2 is 1.69 bits per heavy atom. The zero-order valence-corrected chi connectivity index (χ0v) is 10.3. The standard InChI is InChI=1S/C13H10ClNS/c1-8-2-4-12-10(6-8)15-11-7-9(14)3-5-13(11)16-12/h2-7,15H,1H3. The number of halogens is 1. The van der Waals surface area contributed by atoms with Crippen LogP contribution in [0.2, 0.25) is 5.02 Å². The van der Waals surface area contributed by atoms with E-state index in [1.165, 1.54) is 21.0 Å². The summed E-state index contributed by atoms with van der Waals surface area (Å²) in [4.78, 5) is 2.49. The normalized spacial score (nSPS) is 12.6. The Kier molecular flexibility index (Phi) is 2.34. The summed E-state index contributed by atoms with van der Waals surface area (Å²) in [5.41, 5.74) is 3.52. The molecule has 1 N–H and O–H groups in total. The third-order valence-corrected chi connectivity index (χ3v) is 3.95. The van der Waals surface area contributed by atoms with Gasteiger partial charge in [-0.3, -0.25) is 0 Å². The first-order chi connectivity index (χ1) is 7.72. The molecule has 0 saturated heterocycles. The minimum absolute atomic E-state index is 0.767. The lowest BCUT2D eigenvalue weighted by molar-refractivity contribution is 1.29. The predicted molar refractivity (Wildman–Crippen MR) is 70.0 cm³/mol. The number of aryl methyl sites for hydroxylation is 1. The van der Waals surface area contributed by atoms with Crippen LogP contribution in [0.15, 0.2) is 46.2 Å². The van der Waals surface area contributed by atoms with Gasteiger partial charge in [-0.1, -0.05) is 29.4 Å². The van der Waals surface area contributed by atoms with E-state index >= 15 is 0 Å². The third-order valence-electron chi connectivity index (χ3n) is 2.57. The molecular formula is C13H10ClNS. The number of nitrogens with one attached hydrogen (secondary N) is 1. The fourth-order valence-electron chi connectivity index (χ4n) is 1.78. The number of rotatable bonds is 0. The number of benzene rings is 2. The Morgan fingerprint density at radius 1 is 1.00 bits per heavy atom. The summed E-state index contributed by atoms with van der Waals surface area (Å²) in [6.07, 6.45) is 0. The van der Waals surface area contributed by atoms with Gasteiger partial charge in [0.15, 0.2) is 0 Å². The van der Waals surface area contributed by atoms with Gasteiger partial charge in [0.05, 0.1) is 11.4 Å². The highest BCUT2D eigenvalue weighted by Gasteiger charge is 2.15. The molecule has 1 aliphatic rings. The first-order valence-corrected chi connectivity index (χ1v) is 6.27. The number of anilines is 2. The second kappa shape index (κ2) is 3.72. The van der Waals surface area contributed by atoms with E-state index in [0.717, 1.165) is 10.7 Å². The van der Waals surface area contributed by atoms with Crippen LogP contribution in [0.4, 0.5) is 11.4 Å². The van der Waals surface area contributed by atoms with Gasteiger partial charge in [-0.2, -0.15) is 0 Å². The van der Waals surface area contributed by atoms with Crippen molar-refractivity contribution in [3.8, 4) is 0 Å². The van der Waals surface area contributed by atoms with E-state index in [1.54, 1.807) is 11.8 Å². The zero-order chi connectivity index (χ0) is 11.1. The molecule has 16 heavy (non-hydrogen) atoms. The molecule has 1 aliphatic heterocycles. The van der Waals surface area contributed by atoms with Gasteiger partial charge >= 0.3 is 0 Å². The molecule has 0 saturated carbocycles. The van der Waals surface area contributed by atoms with Crippen LogP contribution in [-0.4, -0.2) is 0 Å². The van der Waals surface area contributed by atoms with Gasteiger partial charge in [0.25, 0.3) is 0 Å². The lowest BCUT2D eigenvalue weighted by atomic mass is 10.2. The van der Waals surface area contributed by atoms with Crippen molar-refractivity contribution in [1.82, 2.24) is 0 Å². The highest BCUT2D eigenvalue weighted by atomic mass is 35.5. The van der Waals surface area contributed by atoms with Gasteiger partial charge in [0.2, 0.25) is 0 Å². The summed E-state index contributed by atoms with van der Waals surface area (Å²) in [6.45, 7) is 2.10. The maximum absolute atomic E-state index is 5.99. The van der Waals surface area contributed by atoms with E-state index in [1.807, 2.05) is 12.1 Å². The van der Waals surface area contributed by atoms with E-state index in [4.69, 9.17) is 11.6 Å². The molecule has 0 atom stereocenters. The van der Waals surface area contributed by atoms with Crippen LogP contribution in [0.1, 0.15) is 5.56 Å². The van der Waals surface area contributed by atoms with Crippen LogP contribution in [0, 0.1) is 6.92 Å². The number of hydrogen-bond donors (Lipinski definition) is 1. The highest BCUT2D eigenvalue weighted by Crippen LogP contribution is 2.44. The largest absolute Gasteiger partial charge is 0.354 e.